The number of aliphatic hydroxyl groups excluding tert-OH is 1. The molecule has 0 spiro atoms. The lowest BCUT2D eigenvalue weighted by molar-refractivity contribution is 0.215. The number of ether oxygens (including phenoxy) is 1. The average molecular weight is 288 g/mol. The van der Waals surface area contributed by atoms with E-state index in [1.165, 1.54) is 29.7 Å². The molecule has 0 amide bonds. The minimum atomic E-state index is -0.576. The van der Waals surface area contributed by atoms with Crippen molar-refractivity contribution in [2.75, 3.05) is 6.61 Å². The zero-order chi connectivity index (χ0) is 13.9. The van der Waals surface area contributed by atoms with Gasteiger partial charge in [-0.25, -0.2) is 0 Å². The van der Waals surface area contributed by atoms with E-state index in [1.807, 2.05) is 31.2 Å². The van der Waals surface area contributed by atoms with E-state index < -0.39 is 6.10 Å². The number of para-hydroxylation sites is 1. The van der Waals surface area contributed by atoms with Crippen LogP contribution in [0.4, 0.5) is 0 Å². The highest BCUT2D eigenvalue weighted by Crippen LogP contribution is 2.37. The van der Waals surface area contributed by atoms with Gasteiger partial charge >= 0.3 is 0 Å². The molecular formula is C17H20O2S. The number of fused-ring (bicyclic) bond motifs is 1. The summed E-state index contributed by atoms with van der Waals surface area (Å²) in [6.07, 6.45) is 4.30. The summed E-state index contributed by atoms with van der Waals surface area (Å²) < 4.78 is 5.63. The Morgan fingerprint density at radius 3 is 2.85 bits per heavy atom. The van der Waals surface area contributed by atoms with Crippen LogP contribution in [-0.2, 0) is 12.8 Å². The molecule has 3 heteroatoms. The Labute approximate surface area is 124 Å². The smallest absolute Gasteiger partial charge is 0.125 e. The zero-order valence-electron chi connectivity index (χ0n) is 11.8. The van der Waals surface area contributed by atoms with Crippen LogP contribution in [0.25, 0.3) is 0 Å². The van der Waals surface area contributed by atoms with Crippen molar-refractivity contribution < 1.29 is 9.84 Å². The van der Waals surface area contributed by atoms with Crippen molar-refractivity contribution in [1.29, 1.82) is 0 Å². The van der Waals surface area contributed by atoms with E-state index in [9.17, 15) is 5.11 Å². The molecular weight excluding hydrogens is 268 g/mol. The molecule has 1 heterocycles. The van der Waals surface area contributed by atoms with E-state index in [2.05, 4.69) is 6.07 Å². The van der Waals surface area contributed by atoms with Gasteiger partial charge in [0, 0.05) is 15.3 Å². The summed E-state index contributed by atoms with van der Waals surface area (Å²) in [5, 5.41) is 10.7. The number of hydrogen-bond donors (Lipinski definition) is 1. The maximum absolute atomic E-state index is 10.7. The first kappa shape index (κ1) is 13.7. The Morgan fingerprint density at radius 1 is 1.25 bits per heavy atom. The van der Waals surface area contributed by atoms with Gasteiger partial charge in [-0.15, -0.1) is 11.3 Å². The van der Waals surface area contributed by atoms with Gasteiger partial charge in [-0.05, 0) is 50.3 Å². The molecule has 2 aromatic rings. The second-order valence-electron chi connectivity index (χ2n) is 5.18. The van der Waals surface area contributed by atoms with E-state index in [1.54, 1.807) is 11.3 Å². The van der Waals surface area contributed by atoms with Crippen molar-refractivity contribution in [3.8, 4) is 5.75 Å². The van der Waals surface area contributed by atoms with Crippen molar-refractivity contribution in [2.24, 2.45) is 0 Å². The lowest BCUT2D eigenvalue weighted by atomic mass is 9.98. The van der Waals surface area contributed by atoms with Crippen LogP contribution in [0.15, 0.2) is 30.3 Å². The molecule has 106 valence electrons. The van der Waals surface area contributed by atoms with Gasteiger partial charge in [0.25, 0.3) is 0 Å². The molecule has 20 heavy (non-hydrogen) atoms. The summed E-state index contributed by atoms with van der Waals surface area (Å²) in [6, 6.07) is 9.96. The molecule has 0 aliphatic heterocycles. The summed E-state index contributed by atoms with van der Waals surface area (Å²) in [5.74, 6) is 0.786. The predicted octanol–water partition coefficient (Wildman–Crippen LogP) is 4.11. The summed E-state index contributed by atoms with van der Waals surface area (Å²) >= 11 is 1.76. The van der Waals surface area contributed by atoms with Crippen molar-refractivity contribution in [2.45, 2.75) is 38.7 Å². The van der Waals surface area contributed by atoms with E-state index >= 15 is 0 Å². The number of thiophene rings is 1. The highest BCUT2D eigenvalue weighted by atomic mass is 32.1. The van der Waals surface area contributed by atoms with E-state index in [0.717, 1.165) is 22.6 Å². The van der Waals surface area contributed by atoms with Crippen molar-refractivity contribution in [3.05, 3.63) is 51.2 Å². The summed E-state index contributed by atoms with van der Waals surface area (Å²) in [7, 11) is 0. The Morgan fingerprint density at radius 2 is 2.05 bits per heavy atom. The Hall–Kier alpha value is -1.32. The Bertz CT molecular complexity index is 565. The fourth-order valence-electron chi connectivity index (χ4n) is 2.80. The van der Waals surface area contributed by atoms with Crippen molar-refractivity contribution >= 4 is 11.3 Å². The first-order valence-electron chi connectivity index (χ1n) is 7.31. The van der Waals surface area contributed by atoms with Gasteiger partial charge in [-0.1, -0.05) is 18.2 Å². The monoisotopic (exact) mass is 288 g/mol. The quantitative estimate of drug-likeness (QED) is 0.917. The lowest BCUT2D eigenvalue weighted by Gasteiger charge is -2.14. The molecule has 1 aromatic heterocycles. The van der Waals surface area contributed by atoms with Gasteiger partial charge in [0.05, 0.1) is 6.61 Å². The SMILES string of the molecule is CCOc1ccccc1C(O)c1cc2c(s1)CCCC2. The third-order valence-electron chi connectivity index (χ3n) is 3.80. The number of aliphatic hydroxyl groups is 1. The predicted molar refractivity (Wildman–Crippen MR) is 82.6 cm³/mol. The number of aryl methyl sites for hydroxylation is 2. The average Bonchev–Trinajstić information content (AvgIpc) is 2.91. The van der Waals surface area contributed by atoms with Gasteiger partial charge < -0.3 is 9.84 Å². The number of hydrogen-bond acceptors (Lipinski definition) is 3. The Kier molecular flexibility index (Phi) is 4.08. The zero-order valence-corrected chi connectivity index (χ0v) is 12.6. The molecule has 1 N–H and O–H groups in total. The second-order valence-corrected chi connectivity index (χ2v) is 6.35. The highest BCUT2D eigenvalue weighted by Gasteiger charge is 2.21. The van der Waals surface area contributed by atoms with Crippen LogP contribution in [0.5, 0.6) is 5.75 Å². The minimum Gasteiger partial charge on any atom is -0.493 e. The molecule has 1 atom stereocenters. The molecule has 2 nitrogen and oxygen atoms in total. The lowest BCUT2D eigenvalue weighted by Crippen LogP contribution is -2.02. The van der Waals surface area contributed by atoms with Crippen LogP contribution in [0.3, 0.4) is 0 Å². The summed E-state index contributed by atoms with van der Waals surface area (Å²) in [4.78, 5) is 2.50. The van der Waals surface area contributed by atoms with Crippen LogP contribution in [0.1, 0.15) is 46.8 Å². The minimum absolute atomic E-state index is 0.576. The molecule has 3 rings (SSSR count). The highest BCUT2D eigenvalue weighted by molar-refractivity contribution is 7.12. The van der Waals surface area contributed by atoms with Crippen molar-refractivity contribution in [1.82, 2.24) is 0 Å². The largest absolute Gasteiger partial charge is 0.493 e. The van der Waals surface area contributed by atoms with Gasteiger partial charge in [-0.2, -0.15) is 0 Å². The molecule has 0 fully saturated rings. The first-order valence-corrected chi connectivity index (χ1v) is 8.12. The topological polar surface area (TPSA) is 29.5 Å². The molecule has 0 saturated heterocycles. The van der Waals surface area contributed by atoms with Gasteiger partial charge in [0.1, 0.15) is 11.9 Å². The van der Waals surface area contributed by atoms with E-state index in [0.29, 0.717) is 6.61 Å². The Balaban J connectivity index is 1.92. The first-order chi connectivity index (χ1) is 9.79. The fraction of sp³-hybridized carbons (Fsp3) is 0.412. The number of rotatable bonds is 4. The van der Waals surface area contributed by atoms with E-state index in [-0.39, 0.29) is 0 Å². The third kappa shape index (κ3) is 2.60. The molecule has 0 saturated carbocycles. The molecule has 1 aliphatic carbocycles. The standard InChI is InChI=1S/C17H20O2S/c1-2-19-14-9-5-4-8-13(14)17(18)16-11-12-7-3-6-10-15(12)20-16/h4-5,8-9,11,17-18H,2-3,6-7,10H2,1H3. The van der Waals surface area contributed by atoms with Crippen LogP contribution in [0, 0.1) is 0 Å². The van der Waals surface area contributed by atoms with Gasteiger partial charge in [0.15, 0.2) is 0 Å². The van der Waals surface area contributed by atoms with Gasteiger partial charge in [0.2, 0.25) is 0 Å². The number of benzene rings is 1. The maximum atomic E-state index is 10.7. The maximum Gasteiger partial charge on any atom is 0.125 e. The third-order valence-corrected chi connectivity index (χ3v) is 5.09. The summed E-state index contributed by atoms with van der Waals surface area (Å²) in [5.41, 5.74) is 2.30. The molecule has 0 bridgehead atoms. The summed E-state index contributed by atoms with van der Waals surface area (Å²) in [6.45, 7) is 2.58. The molecule has 1 aromatic carbocycles. The van der Waals surface area contributed by atoms with E-state index in [4.69, 9.17) is 4.74 Å². The normalized spacial score (nSPS) is 15.7. The molecule has 1 aliphatic rings. The van der Waals surface area contributed by atoms with Crippen LogP contribution in [0.2, 0.25) is 0 Å². The fourth-order valence-corrected chi connectivity index (χ4v) is 4.06. The van der Waals surface area contributed by atoms with Crippen LogP contribution < -0.4 is 4.74 Å². The molecule has 0 radical (unpaired) electrons. The molecule has 1 unspecified atom stereocenters. The van der Waals surface area contributed by atoms with Crippen LogP contribution in [-0.4, -0.2) is 11.7 Å². The van der Waals surface area contributed by atoms with Gasteiger partial charge in [-0.3, -0.25) is 0 Å². The second kappa shape index (κ2) is 5.98. The van der Waals surface area contributed by atoms with Crippen LogP contribution >= 0.6 is 11.3 Å². The van der Waals surface area contributed by atoms with Crippen molar-refractivity contribution in [3.63, 3.8) is 0 Å².